The Morgan fingerprint density at radius 1 is 1.07 bits per heavy atom. The van der Waals surface area contributed by atoms with Gasteiger partial charge in [0.1, 0.15) is 5.69 Å². The number of aromatic nitrogens is 3. The third-order valence-corrected chi connectivity index (χ3v) is 4.70. The summed E-state index contributed by atoms with van der Waals surface area (Å²) in [5, 5.41) is 14.0. The van der Waals surface area contributed by atoms with E-state index in [9.17, 15) is 4.79 Å². The summed E-state index contributed by atoms with van der Waals surface area (Å²) < 4.78 is 4.18. The summed E-state index contributed by atoms with van der Waals surface area (Å²) in [6, 6.07) is 11.2. The predicted molar refractivity (Wildman–Crippen MR) is 108 cm³/mol. The molecule has 0 spiro atoms. The number of carboxylic acid groups (broad SMARTS) is 1. The van der Waals surface area contributed by atoms with Crippen LogP contribution in [0.25, 0.3) is 22.5 Å². The molecule has 0 fully saturated rings. The van der Waals surface area contributed by atoms with Crippen LogP contribution in [0.2, 0.25) is 0 Å². The number of aryl methyl sites for hydroxylation is 1. The Morgan fingerprint density at radius 3 is 2.19 bits per heavy atom. The van der Waals surface area contributed by atoms with E-state index in [1.807, 2.05) is 19.2 Å². The molecule has 0 amide bonds. The third-order valence-electron chi connectivity index (χ3n) is 4.70. The zero-order valence-electron chi connectivity index (χ0n) is 16.8. The standard InChI is InChI=1S/C22H27N3O2/c1-14(2)19-12-18(23-25(19)22(3,4)5)20-11-17(13-24(20)6)15-7-9-16(10-8-15)21(26)27/h7-14H,1-6H3,(H,26,27). The van der Waals surface area contributed by atoms with Crippen LogP contribution in [0, 0.1) is 0 Å². The van der Waals surface area contributed by atoms with Crippen LogP contribution in [0.5, 0.6) is 0 Å². The third kappa shape index (κ3) is 3.68. The second kappa shape index (κ2) is 6.72. The zero-order chi connectivity index (χ0) is 19.9. The van der Waals surface area contributed by atoms with Gasteiger partial charge in [-0.05, 0) is 56.5 Å². The Kier molecular flexibility index (Phi) is 4.72. The lowest BCUT2D eigenvalue weighted by atomic mass is 10.0. The largest absolute Gasteiger partial charge is 0.478 e. The Morgan fingerprint density at radius 2 is 1.70 bits per heavy atom. The lowest BCUT2D eigenvalue weighted by molar-refractivity contribution is 0.0697. The Labute approximate surface area is 160 Å². The molecule has 3 aromatic rings. The van der Waals surface area contributed by atoms with Crippen LogP contribution in [-0.2, 0) is 12.6 Å². The number of rotatable bonds is 4. The summed E-state index contributed by atoms with van der Waals surface area (Å²) in [4.78, 5) is 11.0. The average Bonchev–Trinajstić information content (AvgIpc) is 3.18. The first-order valence-electron chi connectivity index (χ1n) is 9.19. The van der Waals surface area contributed by atoms with Gasteiger partial charge in [-0.15, -0.1) is 0 Å². The topological polar surface area (TPSA) is 60.0 Å². The molecule has 0 radical (unpaired) electrons. The maximum atomic E-state index is 11.0. The van der Waals surface area contributed by atoms with Gasteiger partial charge in [0.25, 0.3) is 0 Å². The van der Waals surface area contributed by atoms with Gasteiger partial charge in [0, 0.05) is 24.5 Å². The fraction of sp³-hybridized carbons (Fsp3) is 0.364. The molecule has 0 aliphatic heterocycles. The molecule has 1 aromatic carbocycles. The van der Waals surface area contributed by atoms with Crippen molar-refractivity contribution in [2.75, 3.05) is 0 Å². The Hall–Kier alpha value is -2.82. The molecule has 0 aliphatic carbocycles. The van der Waals surface area contributed by atoms with Gasteiger partial charge in [-0.2, -0.15) is 5.10 Å². The van der Waals surface area contributed by atoms with Crippen molar-refractivity contribution in [2.45, 2.75) is 46.1 Å². The van der Waals surface area contributed by atoms with E-state index in [1.54, 1.807) is 12.1 Å². The van der Waals surface area contributed by atoms with Gasteiger partial charge < -0.3 is 9.67 Å². The van der Waals surface area contributed by atoms with Crippen molar-refractivity contribution in [3.63, 3.8) is 0 Å². The molecule has 0 atom stereocenters. The lowest BCUT2D eigenvalue weighted by Crippen LogP contribution is -2.25. The first-order valence-corrected chi connectivity index (χ1v) is 9.19. The van der Waals surface area contributed by atoms with Crippen LogP contribution in [0.3, 0.4) is 0 Å². The van der Waals surface area contributed by atoms with Crippen molar-refractivity contribution >= 4 is 5.97 Å². The van der Waals surface area contributed by atoms with Crippen molar-refractivity contribution in [3.8, 4) is 22.5 Å². The normalized spacial score (nSPS) is 12.0. The monoisotopic (exact) mass is 365 g/mol. The van der Waals surface area contributed by atoms with Gasteiger partial charge in [-0.1, -0.05) is 26.0 Å². The smallest absolute Gasteiger partial charge is 0.335 e. The molecule has 27 heavy (non-hydrogen) atoms. The average molecular weight is 365 g/mol. The summed E-state index contributed by atoms with van der Waals surface area (Å²) in [6.45, 7) is 10.9. The number of nitrogens with zero attached hydrogens (tertiary/aromatic N) is 3. The van der Waals surface area contributed by atoms with Crippen LogP contribution in [-0.4, -0.2) is 25.4 Å². The maximum Gasteiger partial charge on any atom is 0.335 e. The first-order chi connectivity index (χ1) is 12.6. The van der Waals surface area contributed by atoms with Crippen LogP contribution < -0.4 is 0 Å². The molecule has 0 aliphatic rings. The van der Waals surface area contributed by atoms with E-state index in [2.05, 4.69) is 62.2 Å². The van der Waals surface area contributed by atoms with Gasteiger partial charge in [0.05, 0.1) is 16.8 Å². The van der Waals surface area contributed by atoms with E-state index in [0.29, 0.717) is 11.5 Å². The van der Waals surface area contributed by atoms with Gasteiger partial charge >= 0.3 is 5.97 Å². The minimum atomic E-state index is -0.913. The van der Waals surface area contributed by atoms with Crippen molar-refractivity contribution in [1.82, 2.24) is 14.3 Å². The summed E-state index contributed by atoms with van der Waals surface area (Å²) in [7, 11) is 2.01. The summed E-state index contributed by atoms with van der Waals surface area (Å²) in [5.74, 6) is -0.530. The number of benzene rings is 1. The molecule has 2 heterocycles. The van der Waals surface area contributed by atoms with Gasteiger partial charge in [-0.25, -0.2) is 4.79 Å². The van der Waals surface area contributed by atoms with Crippen molar-refractivity contribution in [3.05, 3.63) is 53.9 Å². The highest BCUT2D eigenvalue weighted by molar-refractivity contribution is 5.88. The highest BCUT2D eigenvalue weighted by Gasteiger charge is 2.22. The molecule has 0 bridgehead atoms. The van der Waals surface area contributed by atoms with E-state index in [0.717, 1.165) is 22.5 Å². The fourth-order valence-electron chi connectivity index (χ4n) is 3.25. The van der Waals surface area contributed by atoms with E-state index < -0.39 is 5.97 Å². The molecular weight excluding hydrogens is 338 g/mol. The number of carboxylic acids is 1. The molecule has 0 saturated carbocycles. The quantitative estimate of drug-likeness (QED) is 0.697. The first kappa shape index (κ1) is 19.0. The van der Waals surface area contributed by atoms with Crippen molar-refractivity contribution < 1.29 is 9.90 Å². The van der Waals surface area contributed by atoms with Crippen molar-refractivity contribution in [2.24, 2.45) is 7.05 Å². The summed E-state index contributed by atoms with van der Waals surface area (Å²) >= 11 is 0. The Bertz CT molecular complexity index is 970. The second-order valence-electron chi connectivity index (χ2n) is 8.30. The highest BCUT2D eigenvalue weighted by atomic mass is 16.4. The maximum absolute atomic E-state index is 11.0. The Balaban J connectivity index is 2.03. The zero-order valence-corrected chi connectivity index (χ0v) is 16.8. The van der Waals surface area contributed by atoms with Crippen LogP contribution in [0.15, 0.2) is 42.6 Å². The number of hydrogen-bond donors (Lipinski definition) is 1. The molecule has 5 heteroatoms. The van der Waals surface area contributed by atoms with Gasteiger partial charge in [0.15, 0.2) is 0 Å². The van der Waals surface area contributed by atoms with Crippen molar-refractivity contribution in [1.29, 1.82) is 0 Å². The molecule has 5 nitrogen and oxygen atoms in total. The highest BCUT2D eigenvalue weighted by Crippen LogP contribution is 2.31. The fourth-order valence-corrected chi connectivity index (χ4v) is 3.25. The minimum absolute atomic E-state index is 0.0848. The molecule has 0 saturated heterocycles. The molecule has 1 N–H and O–H groups in total. The summed E-state index contributed by atoms with van der Waals surface area (Å²) in [6.07, 6.45) is 2.05. The number of carbonyl (C=O) groups is 1. The predicted octanol–water partition coefficient (Wildman–Crippen LogP) is 5.13. The number of hydrogen-bond acceptors (Lipinski definition) is 2. The summed E-state index contributed by atoms with van der Waals surface area (Å²) in [5.41, 5.74) is 5.44. The lowest BCUT2D eigenvalue weighted by Gasteiger charge is -2.23. The molecule has 0 unspecified atom stereocenters. The SMILES string of the molecule is CC(C)c1cc(-c2cc(-c3ccc(C(=O)O)cc3)cn2C)nn1C(C)(C)C. The molecular formula is C22H27N3O2. The second-order valence-corrected chi connectivity index (χ2v) is 8.30. The molecule has 3 rings (SSSR count). The van der Waals surface area contributed by atoms with Gasteiger partial charge in [0.2, 0.25) is 0 Å². The van der Waals surface area contributed by atoms with Crippen LogP contribution in [0.4, 0.5) is 0 Å². The van der Waals surface area contributed by atoms with E-state index in [-0.39, 0.29) is 5.54 Å². The van der Waals surface area contributed by atoms with E-state index in [4.69, 9.17) is 10.2 Å². The molecule has 142 valence electrons. The van der Waals surface area contributed by atoms with Crippen LogP contribution >= 0.6 is 0 Å². The van der Waals surface area contributed by atoms with E-state index in [1.165, 1.54) is 5.69 Å². The van der Waals surface area contributed by atoms with E-state index >= 15 is 0 Å². The molecule has 2 aromatic heterocycles. The van der Waals surface area contributed by atoms with Crippen LogP contribution in [0.1, 0.15) is 56.6 Å². The minimum Gasteiger partial charge on any atom is -0.478 e. The van der Waals surface area contributed by atoms with Gasteiger partial charge in [-0.3, -0.25) is 4.68 Å². The number of aromatic carboxylic acids is 1.